The van der Waals surface area contributed by atoms with E-state index in [0.717, 1.165) is 65.7 Å². The Kier molecular flexibility index (Phi) is 5.66. The smallest absolute Gasteiger partial charge is 0.167 e. The van der Waals surface area contributed by atoms with E-state index < -0.39 is 6.04 Å². The third-order valence-electron chi connectivity index (χ3n) is 9.40. The topological polar surface area (TPSA) is 51.8 Å². The Bertz CT molecular complexity index is 3170. The molecule has 4 nitrogen and oxygen atoms in total. The average Bonchev–Trinajstić information content (AvgIpc) is 3.61. The van der Waals surface area contributed by atoms with E-state index in [1.54, 1.807) is 12.1 Å². The van der Waals surface area contributed by atoms with Gasteiger partial charge in [0, 0.05) is 21.9 Å². The molecule has 0 fully saturated rings. The van der Waals surface area contributed by atoms with Crippen LogP contribution in [0.5, 0.6) is 0 Å². The van der Waals surface area contributed by atoms with Crippen LogP contribution in [-0.2, 0) is 0 Å². The molecule has 0 bridgehead atoms. The molecule has 51 heavy (non-hydrogen) atoms. The summed E-state index contributed by atoms with van der Waals surface area (Å²) in [5, 5.41) is 6.47. The normalized spacial score (nSPS) is 12.9. The van der Waals surface area contributed by atoms with E-state index in [1.807, 2.05) is 78.9 Å². The molecule has 0 atom stereocenters. The molecule has 2 heterocycles. The second-order valence-electron chi connectivity index (χ2n) is 12.5. The van der Waals surface area contributed by atoms with Crippen LogP contribution in [0.25, 0.3) is 99.9 Å². The summed E-state index contributed by atoms with van der Waals surface area (Å²) in [6.07, 6.45) is 0. The first-order chi connectivity index (χ1) is 27.3. The van der Waals surface area contributed by atoms with Crippen LogP contribution in [0.15, 0.2) is 180 Å². The van der Waals surface area contributed by atoms with Crippen LogP contribution in [0.1, 0.15) is 6.85 Å². The van der Waals surface area contributed by atoms with Crippen molar-refractivity contribution in [1.82, 2.24) is 15.0 Å². The number of furan rings is 1. The number of hydrogen-bond acceptors (Lipinski definition) is 4. The van der Waals surface area contributed by atoms with Gasteiger partial charge >= 0.3 is 0 Å². The van der Waals surface area contributed by atoms with Crippen LogP contribution in [0, 0.1) is 0 Å². The van der Waals surface area contributed by atoms with Crippen molar-refractivity contribution in [3.05, 3.63) is 176 Å². The Morgan fingerprint density at radius 1 is 0.392 bits per heavy atom. The summed E-state index contributed by atoms with van der Waals surface area (Å²) in [6, 6.07) is 46.8. The molecule has 8 aromatic carbocycles. The van der Waals surface area contributed by atoms with Gasteiger partial charge < -0.3 is 4.42 Å². The lowest BCUT2D eigenvalue weighted by molar-refractivity contribution is 0.670. The molecule has 0 aliphatic heterocycles. The molecule has 0 aliphatic rings. The van der Waals surface area contributed by atoms with E-state index in [9.17, 15) is 0 Å². The van der Waals surface area contributed by atoms with Gasteiger partial charge in [0.25, 0.3) is 0 Å². The minimum atomic E-state index is -0.407. The zero-order valence-corrected chi connectivity index (χ0v) is 27.1. The maximum absolute atomic E-state index is 8.37. The standard InChI is InChI=1S/C47H29N3O/c1-2-9-30(10-3-1)32-17-19-33(20-18-32)34-21-24-35(25-22-34)45-48-46(39-26-23-31-11-4-5-12-36(31)27-39)50-47(49-45)41-16-8-15-40-42-28-37-13-6-7-14-38(37)29-43(42)51-44(40)41/h1-29H/i1D,2D,3D,9D,10D. The highest BCUT2D eigenvalue weighted by molar-refractivity contribution is 6.13. The number of fused-ring (bicyclic) bond motifs is 5. The molecule has 0 aliphatic carbocycles. The molecule has 238 valence electrons. The summed E-state index contributed by atoms with van der Waals surface area (Å²) in [7, 11) is 0. The van der Waals surface area contributed by atoms with Gasteiger partial charge in [-0.1, -0.05) is 152 Å². The van der Waals surface area contributed by atoms with Crippen LogP contribution >= 0.6 is 0 Å². The highest BCUT2D eigenvalue weighted by Crippen LogP contribution is 2.38. The summed E-state index contributed by atoms with van der Waals surface area (Å²) in [4.78, 5) is 15.1. The van der Waals surface area contributed by atoms with Crippen molar-refractivity contribution >= 4 is 43.5 Å². The lowest BCUT2D eigenvalue weighted by atomic mass is 9.99. The highest BCUT2D eigenvalue weighted by Gasteiger charge is 2.18. The Morgan fingerprint density at radius 2 is 0.941 bits per heavy atom. The Hall–Kier alpha value is -6.91. The largest absolute Gasteiger partial charge is 0.455 e. The first-order valence-electron chi connectivity index (χ1n) is 19.2. The number of hydrogen-bond donors (Lipinski definition) is 0. The molecule has 0 amide bonds. The molecule has 0 radical (unpaired) electrons. The molecule has 10 rings (SSSR count). The number of para-hydroxylation sites is 1. The molecular weight excluding hydrogens is 623 g/mol. The van der Waals surface area contributed by atoms with Crippen molar-refractivity contribution < 1.29 is 11.3 Å². The lowest BCUT2D eigenvalue weighted by Crippen LogP contribution is -2.00. The molecule has 10 aromatic rings. The van der Waals surface area contributed by atoms with Crippen molar-refractivity contribution in [3.8, 4) is 56.4 Å². The van der Waals surface area contributed by atoms with Crippen LogP contribution in [0.3, 0.4) is 0 Å². The van der Waals surface area contributed by atoms with Gasteiger partial charge in [0.1, 0.15) is 11.2 Å². The number of benzene rings is 8. The van der Waals surface area contributed by atoms with Crippen LogP contribution < -0.4 is 0 Å². The minimum absolute atomic E-state index is 0.178. The summed E-state index contributed by atoms with van der Waals surface area (Å²) in [5.74, 6) is 1.56. The summed E-state index contributed by atoms with van der Waals surface area (Å²) in [5.41, 5.74) is 6.52. The maximum atomic E-state index is 8.37. The molecule has 2 aromatic heterocycles. The summed E-state index contributed by atoms with van der Waals surface area (Å²) >= 11 is 0. The lowest BCUT2D eigenvalue weighted by Gasteiger charge is -2.10. The predicted molar refractivity (Wildman–Crippen MR) is 209 cm³/mol. The fraction of sp³-hybridized carbons (Fsp3) is 0. The van der Waals surface area contributed by atoms with Crippen molar-refractivity contribution in [2.24, 2.45) is 0 Å². The van der Waals surface area contributed by atoms with Crippen molar-refractivity contribution in [2.45, 2.75) is 0 Å². The molecule has 4 heteroatoms. The van der Waals surface area contributed by atoms with E-state index in [2.05, 4.69) is 54.6 Å². The van der Waals surface area contributed by atoms with Gasteiger partial charge in [0.05, 0.1) is 12.4 Å². The zero-order valence-electron chi connectivity index (χ0n) is 32.1. The molecular formula is C47H29N3O. The van der Waals surface area contributed by atoms with Gasteiger partial charge in [-0.2, -0.15) is 0 Å². The van der Waals surface area contributed by atoms with Crippen LogP contribution in [-0.4, -0.2) is 15.0 Å². The van der Waals surface area contributed by atoms with E-state index in [1.165, 1.54) is 0 Å². The summed E-state index contributed by atoms with van der Waals surface area (Å²) < 4.78 is 47.4. The highest BCUT2D eigenvalue weighted by atomic mass is 16.3. The third-order valence-corrected chi connectivity index (χ3v) is 9.40. The van der Waals surface area contributed by atoms with Crippen LogP contribution in [0.2, 0.25) is 0 Å². The first kappa shape index (κ1) is 24.3. The van der Waals surface area contributed by atoms with E-state index >= 15 is 0 Å². The molecule has 0 N–H and O–H groups in total. The Balaban J connectivity index is 1.07. The maximum Gasteiger partial charge on any atom is 0.167 e. The Labute approximate surface area is 301 Å². The Morgan fingerprint density at radius 3 is 1.65 bits per heavy atom. The second kappa shape index (κ2) is 11.9. The van der Waals surface area contributed by atoms with Gasteiger partial charge in [0.15, 0.2) is 17.5 Å². The quantitative estimate of drug-likeness (QED) is 0.185. The minimum Gasteiger partial charge on any atom is -0.455 e. The molecule has 0 saturated heterocycles. The van der Waals surface area contributed by atoms with Gasteiger partial charge in [-0.3, -0.25) is 0 Å². The molecule has 0 spiro atoms. The average molecular weight is 657 g/mol. The van der Waals surface area contributed by atoms with E-state index in [-0.39, 0.29) is 29.7 Å². The second-order valence-corrected chi connectivity index (χ2v) is 12.5. The molecule has 0 unspecified atom stereocenters. The SMILES string of the molecule is [2H]c1c([2H])c([2H])c(-c2ccc(-c3ccc(-c4nc(-c5ccc6ccccc6c5)nc(-c5cccc6c5oc5cc7ccccc7cc56)n4)cc3)cc2)c([2H])c1[2H]. The van der Waals surface area contributed by atoms with Gasteiger partial charge in [-0.25, -0.2) is 15.0 Å². The fourth-order valence-corrected chi connectivity index (χ4v) is 6.78. The van der Waals surface area contributed by atoms with Gasteiger partial charge in [0.2, 0.25) is 0 Å². The number of rotatable bonds is 5. The summed E-state index contributed by atoms with van der Waals surface area (Å²) in [6.45, 7) is 0. The van der Waals surface area contributed by atoms with Gasteiger partial charge in [-0.15, -0.1) is 0 Å². The van der Waals surface area contributed by atoms with E-state index in [0.29, 0.717) is 28.6 Å². The first-order valence-corrected chi connectivity index (χ1v) is 16.7. The molecule has 0 saturated carbocycles. The van der Waals surface area contributed by atoms with Crippen molar-refractivity contribution in [3.63, 3.8) is 0 Å². The van der Waals surface area contributed by atoms with Crippen molar-refractivity contribution in [2.75, 3.05) is 0 Å². The fourth-order valence-electron chi connectivity index (χ4n) is 6.78. The number of nitrogens with zero attached hydrogens (tertiary/aromatic N) is 3. The van der Waals surface area contributed by atoms with Gasteiger partial charge in [-0.05, 0) is 68.1 Å². The zero-order chi connectivity index (χ0) is 38.1. The predicted octanol–water partition coefficient (Wildman–Crippen LogP) is 12.4. The van der Waals surface area contributed by atoms with Crippen LogP contribution in [0.4, 0.5) is 0 Å². The van der Waals surface area contributed by atoms with Crippen molar-refractivity contribution in [1.29, 1.82) is 0 Å². The number of aromatic nitrogens is 3. The third kappa shape index (κ3) is 5.22. The monoisotopic (exact) mass is 656 g/mol. The van der Waals surface area contributed by atoms with E-state index in [4.69, 9.17) is 26.2 Å².